The highest BCUT2D eigenvalue weighted by atomic mass is 35.5. The van der Waals surface area contributed by atoms with Gasteiger partial charge < -0.3 is 10.2 Å². The number of carbonyl (C=O) groups excluding carboxylic acids is 1. The predicted molar refractivity (Wildman–Crippen MR) is 80.7 cm³/mol. The standard InChI is InChI=1S/C14H18ClN3O3/c1-17(9-10-4-3-7-16-8-10)14(19)13-11(15)5-2-6-12(13)18(20)21/h2,5-6,10,16H,3-4,7-9H2,1H3. The van der Waals surface area contributed by atoms with Crippen molar-refractivity contribution < 1.29 is 9.72 Å². The molecule has 0 bridgehead atoms. The van der Waals surface area contributed by atoms with Crippen molar-refractivity contribution in [2.24, 2.45) is 5.92 Å². The predicted octanol–water partition coefficient (Wildman–Crippen LogP) is 2.32. The van der Waals surface area contributed by atoms with Crippen molar-refractivity contribution in [3.8, 4) is 0 Å². The maximum atomic E-state index is 12.5. The normalized spacial score (nSPS) is 18.3. The van der Waals surface area contributed by atoms with Crippen LogP contribution < -0.4 is 5.32 Å². The van der Waals surface area contributed by atoms with E-state index in [2.05, 4.69) is 5.32 Å². The fraction of sp³-hybridized carbons (Fsp3) is 0.500. The maximum absolute atomic E-state index is 12.5. The van der Waals surface area contributed by atoms with Crippen LogP contribution in [0.25, 0.3) is 0 Å². The zero-order valence-electron chi connectivity index (χ0n) is 11.8. The lowest BCUT2D eigenvalue weighted by molar-refractivity contribution is -0.385. The first-order valence-corrected chi connectivity index (χ1v) is 7.27. The molecule has 1 amide bonds. The molecule has 114 valence electrons. The SMILES string of the molecule is CN(CC1CCCNC1)C(=O)c1c(Cl)cccc1[N+](=O)[O-]. The second kappa shape index (κ2) is 6.87. The zero-order valence-corrected chi connectivity index (χ0v) is 12.6. The summed E-state index contributed by atoms with van der Waals surface area (Å²) in [6.45, 7) is 2.43. The molecule has 1 aromatic rings. The van der Waals surface area contributed by atoms with Gasteiger partial charge in [0, 0.05) is 19.7 Å². The molecule has 1 saturated heterocycles. The third-order valence-corrected chi connectivity index (χ3v) is 3.99. The lowest BCUT2D eigenvalue weighted by Gasteiger charge is -2.27. The van der Waals surface area contributed by atoms with E-state index < -0.39 is 10.8 Å². The molecule has 21 heavy (non-hydrogen) atoms. The van der Waals surface area contributed by atoms with Crippen LogP contribution in [0.5, 0.6) is 0 Å². The van der Waals surface area contributed by atoms with Crippen LogP contribution in [-0.2, 0) is 0 Å². The maximum Gasteiger partial charge on any atom is 0.283 e. The van der Waals surface area contributed by atoms with E-state index in [1.165, 1.54) is 23.1 Å². The van der Waals surface area contributed by atoms with E-state index in [0.717, 1.165) is 25.9 Å². The van der Waals surface area contributed by atoms with Gasteiger partial charge >= 0.3 is 0 Å². The molecule has 6 nitrogen and oxygen atoms in total. The number of nitrogens with one attached hydrogen (secondary N) is 1. The van der Waals surface area contributed by atoms with Crippen molar-refractivity contribution in [3.05, 3.63) is 38.9 Å². The monoisotopic (exact) mass is 311 g/mol. The first-order valence-electron chi connectivity index (χ1n) is 6.89. The Morgan fingerprint density at radius 2 is 2.33 bits per heavy atom. The Morgan fingerprint density at radius 1 is 1.57 bits per heavy atom. The van der Waals surface area contributed by atoms with Crippen LogP contribution in [0, 0.1) is 16.0 Å². The van der Waals surface area contributed by atoms with Crippen molar-refractivity contribution in [2.45, 2.75) is 12.8 Å². The molecule has 1 aliphatic heterocycles. The van der Waals surface area contributed by atoms with E-state index in [1.807, 2.05) is 0 Å². The highest BCUT2D eigenvalue weighted by Gasteiger charge is 2.27. The number of rotatable bonds is 4. The van der Waals surface area contributed by atoms with Crippen LogP contribution in [0.4, 0.5) is 5.69 Å². The number of hydrogen-bond acceptors (Lipinski definition) is 4. The second-order valence-electron chi connectivity index (χ2n) is 5.29. The van der Waals surface area contributed by atoms with Gasteiger partial charge in [-0.3, -0.25) is 14.9 Å². The van der Waals surface area contributed by atoms with E-state index in [1.54, 1.807) is 7.05 Å². The van der Waals surface area contributed by atoms with Gasteiger partial charge in [-0.1, -0.05) is 17.7 Å². The number of benzene rings is 1. The number of piperidine rings is 1. The molecule has 1 aromatic carbocycles. The fourth-order valence-electron chi connectivity index (χ4n) is 2.62. The Bertz CT molecular complexity index is 544. The average Bonchev–Trinajstić information content (AvgIpc) is 2.47. The minimum absolute atomic E-state index is 0.0320. The molecule has 1 N–H and O–H groups in total. The van der Waals surface area contributed by atoms with Crippen LogP contribution in [0.3, 0.4) is 0 Å². The van der Waals surface area contributed by atoms with Gasteiger partial charge in [-0.25, -0.2) is 0 Å². The van der Waals surface area contributed by atoms with Crippen molar-refractivity contribution in [2.75, 3.05) is 26.7 Å². The molecule has 0 radical (unpaired) electrons. The number of amides is 1. The number of hydrogen-bond donors (Lipinski definition) is 1. The van der Waals surface area contributed by atoms with E-state index in [4.69, 9.17) is 11.6 Å². The van der Waals surface area contributed by atoms with Crippen LogP contribution in [0.1, 0.15) is 23.2 Å². The summed E-state index contributed by atoms with van der Waals surface area (Å²) in [6.07, 6.45) is 2.13. The molecule has 0 saturated carbocycles. The highest BCUT2D eigenvalue weighted by Crippen LogP contribution is 2.27. The summed E-state index contributed by atoms with van der Waals surface area (Å²) >= 11 is 5.99. The summed E-state index contributed by atoms with van der Waals surface area (Å²) in [5, 5.41) is 14.5. The van der Waals surface area contributed by atoms with Crippen LogP contribution in [0.2, 0.25) is 5.02 Å². The van der Waals surface area contributed by atoms with Gasteiger partial charge in [0.05, 0.1) is 9.95 Å². The summed E-state index contributed by atoms with van der Waals surface area (Å²) in [6, 6.07) is 4.27. The second-order valence-corrected chi connectivity index (χ2v) is 5.70. The Balaban J connectivity index is 2.17. The van der Waals surface area contributed by atoms with Crippen LogP contribution in [0.15, 0.2) is 18.2 Å². The minimum atomic E-state index is -0.574. The van der Waals surface area contributed by atoms with E-state index >= 15 is 0 Å². The Kier molecular flexibility index (Phi) is 5.14. The summed E-state index contributed by atoms with van der Waals surface area (Å²) in [4.78, 5) is 24.5. The Morgan fingerprint density at radius 3 is 2.95 bits per heavy atom. The lowest BCUT2D eigenvalue weighted by atomic mass is 9.99. The third-order valence-electron chi connectivity index (χ3n) is 3.68. The van der Waals surface area contributed by atoms with Gasteiger partial charge in [0.25, 0.3) is 11.6 Å². The molecule has 0 spiro atoms. The molecule has 1 heterocycles. The van der Waals surface area contributed by atoms with Crippen molar-refractivity contribution in [1.82, 2.24) is 10.2 Å². The van der Waals surface area contributed by atoms with Gasteiger partial charge in [0.1, 0.15) is 5.56 Å². The van der Waals surface area contributed by atoms with Crippen molar-refractivity contribution in [1.29, 1.82) is 0 Å². The number of nitro benzene ring substituents is 1. The van der Waals surface area contributed by atoms with Gasteiger partial charge in [-0.2, -0.15) is 0 Å². The van der Waals surface area contributed by atoms with Gasteiger partial charge in [0.15, 0.2) is 0 Å². The summed E-state index contributed by atoms with van der Waals surface area (Å²) < 4.78 is 0. The topological polar surface area (TPSA) is 75.5 Å². The number of halogens is 1. The highest BCUT2D eigenvalue weighted by molar-refractivity contribution is 6.34. The minimum Gasteiger partial charge on any atom is -0.341 e. The number of nitro groups is 1. The van der Waals surface area contributed by atoms with Crippen LogP contribution in [-0.4, -0.2) is 42.4 Å². The van der Waals surface area contributed by atoms with Crippen molar-refractivity contribution in [3.63, 3.8) is 0 Å². The molecule has 1 atom stereocenters. The molecule has 0 aromatic heterocycles. The smallest absolute Gasteiger partial charge is 0.283 e. The number of nitrogens with zero attached hydrogens (tertiary/aromatic N) is 2. The summed E-state index contributed by atoms with van der Waals surface area (Å²) in [7, 11) is 1.66. The van der Waals surface area contributed by atoms with E-state index in [-0.39, 0.29) is 16.3 Å². The molecular formula is C14H18ClN3O3. The third kappa shape index (κ3) is 3.71. The van der Waals surface area contributed by atoms with Gasteiger partial charge in [0.2, 0.25) is 0 Å². The molecule has 7 heteroatoms. The van der Waals surface area contributed by atoms with Crippen LogP contribution >= 0.6 is 11.6 Å². The summed E-state index contributed by atoms with van der Waals surface area (Å²) in [5.41, 5.74) is -0.281. The molecule has 1 unspecified atom stereocenters. The molecule has 0 aliphatic carbocycles. The zero-order chi connectivity index (χ0) is 15.4. The summed E-state index contributed by atoms with van der Waals surface area (Å²) in [5.74, 6) is -0.0351. The van der Waals surface area contributed by atoms with Gasteiger partial charge in [-0.05, 0) is 37.9 Å². The van der Waals surface area contributed by atoms with E-state index in [9.17, 15) is 14.9 Å². The molecular weight excluding hydrogens is 294 g/mol. The molecule has 2 rings (SSSR count). The van der Waals surface area contributed by atoms with Crippen molar-refractivity contribution >= 4 is 23.2 Å². The largest absolute Gasteiger partial charge is 0.341 e. The Labute approximate surface area is 128 Å². The lowest BCUT2D eigenvalue weighted by Crippen LogP contribution is -2.39. The first kappa shape index (κ1) is 15.7. The number of carbonyl (C=O) groups is 1. The molecule has 1 aliphatic rings. The first-order chi connectivity index (χ1) is 10.0. The molecule has 1 fully saturated rings. The van der Waals surface area contributed by atoms with Gasteiger partial charge in [-0.15, -0.1) is 0 Å². The quantitative estimate of drug-likeness (QED) is 0.684. The average molecular weight is 312 g/mol. The fourth-order valence-corrected chi connectivity index (χ4v) is 2.87. The Hall–Kier alpha value is -1.66. The van der Waals surface area contributed by atoms with E-state index in [0.29, 0.717) is 12.5 Å².